The minimum Gasteiger partial charge on any atom is -0.481 e. The number of carboxylic acids is 1. The molecule has 0 radical (unpaired) electrons. The van der Waals surface area contributed by atoms with Crippen molar-refractivity contribution in [2.45, 2.75) is 12.8 Å². The molecular formula is C16H15BrN2O4. The maximum atomic E-state index is 12.0. The van der Waals surface area contributed by atoms with Crippen molar-refractivity contribution in [1.82, 2.24) is 4.90 Å². The van der Waals surface area contributed by atoms with E-state index in [-0.39, 0.29) is 17.5 Å². The molecule has 6 nitrogen and oxygen atoms in total. The van der Waals surface area contributed by atoms with Crippen molar-refractivity contribution < 1.29 is 19.4 Å². The fraction of sp³-hybridized carbons (Fsp3) is 0.312. The summed E-state index contributed by atoms with van der Waals surface area (Å²) in [4.78, 5) is 29.1. The van der Waals surface area contributed by atoms with Crippen molar-refractivity contribution in [1.29, 1.82) is 0 Å². The lowest BCUT2D eigenvalue weighted by molar-refractivity contribution is -0.143. The molecule has 0 unspecified atom stereocenters. The SMILES string of the molecule is O=C1OC(c2ccccc2Br)=N/C1=C\N1CCC(C(=O)O)CC1. The van der Waals surface area contributed by atoms with Crippen molar-refractivity contribution in [3.05, 3.63) is 46.2 Å². The van der Waals surface area contributed by atoms with Crippen LogP contribution in [0.1, 0.15) is 18.4 Å². The molecule has 2 heterocycles. The summed E-state index contributed by atoms with van der Waals surface area (Å²) >= 11 is 3.41. The third-order valence-corrected chi connectivity index (χ3v) is 4.60. The molecule has 7 heteroatoms. The van der Waals surface area contributed by atoms with Crippen LogP contribution in [0.3, 0.4) is 0 Å². The van der Waals surface area contributed by atoms with Crippen LogP contribution in [-0.4, -0.2) is 40.9 Å². The van der Waals surface area contributed by atoms with Gasteiger partial charge in [0.25, 0.3) is 0 Å². The van der Waals surface area contributed by atoms with Gasteiger partial charge >= 0.3 is 11.9 Å². The molecule has 1 fully saturated rings. The highest BCUT2D eigenvalue weighted by Crippen LogP contribution is 2.24. The van der Waals surface area contributed by atoms with Gasteiger partial charge in [-0.25, -0.2) is 9.79 Å². The van der Waals surface area contributed by atoms with Gasteiger partial charge in [-0.2, -0.15) is 0 Å². The van der Waals surface area contributed by atoms with Gasteiger partial charge in [0.05, 0.1) is 11.5 Å². The minimum atomic E-state index is -0.758. The Morgan fingerprint density at radius 3 is 2.70 bits per heavy atom. The van der Waals surface area contributed by atoms with E-state index in [0.29, 0.717) is 31.5 Å². The zero-order valence-electron chi connectivity index (χ0n) is 12.2. The maximum Gasteiger partial charge on any atom is 0.365 e. The number of halogens is 1. The first-order chi connectivity index (χ1) is 11.0. The number of hydrogen-bond donors (Lipinski definition) is 1. The number of nitrogens with zero attached hydrogens (tertiary/aromatic N) is 2. The van der Waals surface area contributed by atoms with Crippen LogP contribution in [0, 0.1) is 5.92 Å². The van der Waals surface area contributed by atoms with E-state index in [4.69, 9.17) is 9.84 Å². The van der Waals surface area contributed by atoms with Gasteiger partial charge in [-0.1, -0.05) is 12.1 Å². The van der Waals surface area contributed by atoms with E-state index in [2.05, 4.69) is 20.9 Å². The Kier molecular flexibility index (Phi) is 4.47. The van der Waals surface area contributed by atoms with Crippen molar-refractivity contribution in [3.8, 4) is 0 Å². The quantitative estimate of drug-likeness (QED) is 0.645. The fourth-order valence-electron chi connectivity index (χ4n) is 2.60. The second kappa shape index (κ2) is 6.54. The largest absolute Gasteiger partial charge is 0.481 e. The van der Waals surface area contributed by atoms with Crippen molar-refractivity contribution in [3.63, 3.8) is 0 Å². The van der Waals surface area contributed by atoms with Crippen LogP contribution in [0.25, 0.3) is 0 Å². The average molecular weight is 379 g/mol. The maximum absolute atomic E-state index is 12.0. The standard InChI is InChI=1S/C16H15BrN2O4/c17-12-4-2-1-3-11(12)14-18-13(16(22)23-14)9-19-7-5-10(6-8-19)15(20)21/h1-4,9-10H,5-8H2,(H,20,21)/b13-9-. The molecule has 0 aliphatic carbocycles. The lowest BCUT2D eigenvalue weighted by Crippen LogP contribution is -2.33. The van der Waals surface area contributed by atoms with Crippen molar-refractivity contribution in [2.75, 3.05) is 13.1 Å². The van der Waals surface area contributed by atoms with Crippen molar-refractivity contribution >= 4 is 33.8 Å². The summed E-state index contributed by atoms with van der Waals surface area (Å²) in [5.41, 5.74) is 0.957. The molecule has 1 aromatic carbocycles. The Hall–Kier alpha value is -2.15. The lowest BCUT2D eigenvalue weighted by atomic mass is 9.97. The first-order valence-corrected chi connectivity index (χ1v) is 8.08. The van der Waals surface area contributed by atoms with E-state index in [1.54, 1.807) is 6.20 Å². The third kappa shape index (κ3) is 3.44. The second-order valence-corrected chi connectivity index (χ2v) is 6.30. The number of esters is 1. The van der Waals surface area contributed by atoms with Gasteiger partial charge in [0.15, 0.2) is 5.70 Å². The molecule has 0 spiro atoms. The highest BCUT2D eigenvalue weighted by atomic mass is 79.9. The summed E-state index contributed by atoms with van der Waals surface area (Å²) in [6.07, 6.45) is 2.79. The molecule has 120 valence electrons. The Balaban J connectivity index is 1.75. The van der Waals surface area contributed by atoms with Crippen LogP contribution < -0.4 is 0 Å². The number of carbonyl (C=O) groups is 2. The summed E-state index contributed by atoms with van der Waals surface area (Å²) in [6, 6.07) is 7.38. The van der Waals surface area contributed by atoms with Gasteiger partial charge < -0.3 is 14.7 Å². The zero-order chi connectivity index (χ0) is 16.4. The average Bonchev–Trinajstić information content (AvgIpc) is 2.89. The number of carboxylic acid groups (broad SMARTS) is 1. The minimum absolute atomic E-state index is 0.240. The van der Waals surface area contributed by atoms with Crippen LogP contribution in [0.2, 0.25) is 0 Å². The third-order valence-electron chi connectivity index (χ3n) is 3.91. The first-order valence-electron chi connectivity index (χ1n) is 7.29. The highest BCUT2D eigenvalue weighted by Gasteiger charge is 2.28. The number of ether oxygens (including phenoxy) is 1. The molecule has 2 aliphatic heterocycles. The number of aliphatic imine (C=N–C) groups is 1. The van der Waals surface area contributed by atoms with Crippen LogP contribution in [0.15, 0.2) is 45.6 Å². The summed E-state index contributed by atoms with van der Waals surface area (Å²) in [5.74, 6) is -1.28. The van der Waals surface area contributed by atoms with Gasteiger partial charge in [-0.3, -0.25) is 4.79 Å². The van der Waals surface area contributed by atoms with Crippen LogP contribution >= 0.6 is 15.9 Å². The lowest BCUT2D eigenvalue weighted by Gasteiger charge is -2.28. The van der Waals surface area contributed by atoms with Gasteiger partial charge in [-0.05, 0) is 40.9 Å². The molecular weight excluding hydrogens is 364 g/mol. The Morgan fingerprint density at radius 1 is 1.35 bits per heavy atom. The van der Waals surface area contributed by atoms with E-state index in [9.17, 15) is 9.59 Å². The molecule has 1 aromatic rings. The summed E-state index contributed by atoms with van der Waals surface area (Å²) in [5, 5.41) is 9.00. The van der Waals surface area contributed by atoms with E-state index < -0.39 is 11.9 Å². The molecule has 23 heavy (non-hydrogen) atoms. The molecule has 2 aliphatic rings. The number of benzene rings is 1. The second-order valence-electron chi connectivity index (χ2n) is 5.45. The molecule has 3 rings (SSSR count). The monoisotopic (exact) mass is 378 g/mol. The van der Waals surface area contributed by atoms with Gasteiger partial charge in [-0.15, -0.1) is 0 Å². The Morgan fingerprint density at radius 2 is 2.04 bits per heavy atom. The summed E-state index contributed by atoms with van der Waals surface area (Å²) in [7, 11) is 0. The normalized spacial score (nSPS) is 20.6. The van der Waals surface area contributed by atoms with Crippen LogP contribution in [0.4, 0.5) is 0 Å². The molecule has 0 atom stereocenters. The summed E-state index contributed by atoms with van der Waals surface area (Å²) < 4.78 is 6.03. The number of cyclic esters (lactones) is 1. The molecule has 1 saturated heterocycles. The first kappa shape index (κ1) is 15.7. The van der Waals surface area contributed by atoms with Gasteiger partial charge in [0.1, 0.15) is 0 Å². The number of aliphatic carboxylic acids is 1. The Bertz CT molecular complexity index is 706. The number of rotatable bonds is 3. The topological polar surface area (TPSA) is 79.2 Å². The van der Waals surface area contributed by atoms with Crippen LogP contribution in [0.5, 0.6) is 0 Å². The molecule has 0 amide bonds. The number of likely N-dealkylation sites (tertiary alicyclic amines) is 1. The van der Waals surface area contributed by atoms with Crippen molar-refractivity contribution in [2.24, 2.45) is 10.9 Å². The molecule has 0 saturated carbocycles. The molecule has 1 N–H and O–H groups in total. The van der Waals surface area contributed by atoms with E-state index in [1.165, 1.54) is 0 Å². The van der Waals surface area contributed by atoms with E-state index in [0.717, 1.165) is 4.47 Å². The number of piperidine rings is 1. The summed E-state index contributed by atoms with van der Waals surface area (Å²) in [6.45, 7) is 1.18. The predicted octanol–water partition coefficient (Wildman–Crippen LogP) is 2.39. The predicted molar refractivity (Wildman–Crippen MR) is 86.8 cm³/mol. The van der Waals surface area contributed by atoms with E-state index >= 15 is 0 Å². The molecule has 0 bridgehead atoms. The highest BCUT2D eigenvalue weighted by molar-refractivity contribution is 9.10. The Labute approximate surface area is 141 Å². The number of carbonyl (C=O) groups excluding carboxylic acids is 1. The van der Waals surface area contributed by atoms with Gasteiger partial charge in [0, 0.05) is 23.8 Å². The van der Waals surface area contributed by atoms with E-state index in [1.807, 2.05) is 29.2 Å². The fourth-order valence-corrected chi connectivity index (χ4v) is 3.05. The van der Waals surface area contributed by atoms with Crippen LogP contribution in [-0.2, 0) is 14.3 Å². The molecule has 0 aromatic heterocycles. The smallest absolute Gasteiger partial charge is 0.365 e. The number of hydrogen-bond acceptors (Lipinski definition) is 5. The zero-order valence-corrected chi connectivity index (χ0v) is 13.8. The van der Waals surface area contributed by atoms with Gasteiger partial charge in [0.2, 0.25) is 5.90 Å².